The summed E-state index contributed by atoms with van der Waals surface area (Å²) in [5, 5.41) is 11.8. The van der Waals surface area contributed by atoms with E-state index in [4.69, 9.17) is 5.11 Å². The number of amides is 2. The summed E-state index contributed by atoms with van der Waals surface area (Å²) < 4.78 is 0. The van der Waals surface area contributed by atoms with Crippen LogP contribution in [0.3, 0.4) is 0 Å². The molecule has 0 spiro atoms. The molecular formula is C14H27N3O3. The maximum absolute atomic E-state index is 12.2. The van der Waals surface area contributed by atoms with Gasteiger partial charge in [0.25, 0.3) is 0 Å². The number of carbonyl (C=O) groups excluding carboxylic acids is 1. The lowest BCUT2D eigenvalue weighted by molar-refractivity contribution is -0.138. The zero-order chi connectivity index (χ0) is 15.3. The van der Waals surface area contributed by atoms with Crippen molar-refractivity contribution in [2.45, 2.75) is 40.2 Å². The van der Waals surface area contributed by atoms with Crippen LogP contribution in [0.25, 0.3) is 0 Å². The molecule has 1 fully saturated rings. The van der Waals surface area contributed by atoms with Gasteiger partial charge in [0.1, 0.15) is 0 Å². The van der Waals surface area contributed by atoms with Gasteiger partial charge in [0, 0.05) is 32.2 Å². The number of urea groups is 1. The number of hydrogen-bond donors (Lipinski definition) is 2. The second-order valence-corrected chi connectivity index (χ2v) is 6.55. The molecule has 0 bridgehead atoms. The lowest BCUT2D eigenvalue weighted by Crippen LogP contribution is -2.49. The molecule has 1 heterocycles. The highest BCUT2D eigenvalue weighted by Crippen LogP contribution is 2.18. The van der Waals surface area contributed by atoms with Crippen molar-refractivity contribution in [1.82, 2.24) is 15.1 Å². The van der Waals surface area contributed by atoms with E-state index in [2.05, 4.69) is 26.1 Å². The minimum Gasteiger partial charge on any atom is -0.480 e. The predicted molar refractivity (Wildman–Crippen MR) is 77.7 cm³/mol. The Morgan fingerprint density at radius 1 is 1.20 bits per heavy atom. The van der Waals surface area contributed by atoms with Crippen LogP contribution in [0.5, 0.6) is 0 Å². The molecule has 1 unspecified atom stereocenters. The molecule has 2 amide bonds. The molecule has 116 valence electrons. The zero-order valence-corrected chi connectivity index (χ0v) is 13.0. The fourth-order valence-corrected chi connectivity index (χ4v) is 2.02. The summed E-state index contributed by atoms with van der Waals surface area (Å²) >= 11 is 0. The SMILES string of the molecule is CC(NC(=O)N1CCCN(CC(=O)O)CC1)C(C)(C)C. The first-order valence-corrected chi connectivity index (χ1v) is 7.19. The van der Waals surface area contributed by atoms with E-state index >= 15 is 0 Å². The molecule has 1 saturated heterocycles. The Balaban J connectivity index is 2.48. The first kappa shape index (κ1) is 16.8. The average molecular weight is 285 g/mol. The molecule has 0 aromatic heterocycles. The van der Waals surface area contributed by atoms with Crippen LogP contribution in [0.4, 0.5) is 4.79 Å². The van der Waals surface area contributed by atoms with Crippen LogP contribution in [0.15, 0.2) is 0 Å². The molecule has 0 aromatic carbocycles. The zero-order valence-electron chi connectivity index (χ0n) is 13.0. The lowest BCUT2D eigenvalue weighted by Gasteiger charge is -2.31. The van der Waals surface area contributed by atoms with Gasteiger partial charge in [-0.25, -0.2) is 4.79 Å². The van der Waals surface area contributed by atoms with E-state index in [-0.39, 0.29) is 24.0 Å². The summed E-state index contributed by atoms with van der Waals surface area (Å²) in [5.74, 6) is -0.816. The monoisotopic (exact) mass is 285 g/mol. The molecule has 6 heteroatoms. The van der Waals surface area contributed by atoms with Crippen molar-refractivity contribution in [2.75, 3.05) is 32.7 Å². The third-order valence-electron chi connectivity index (χ3n) is 3.87. The highest BCUT2D eigenvalue weighted by atomic mass is 16.4. The van der Waals surface area contributed by atoms with E-state index in [0.29, 0.717) is 19.6 Å². The third kappa shape index (κ3) is 5.36. The van der Waals surface area contributed by atoms with E-state index in [1.165, 1.54) is 0 Å². The van der Waals surface area contributed by atoms with Gasteiger partial charge in [-0.1, -0.05) is 20.8 Å². The van der Waals surface area contributed by atoms with Gasteiger partial charge in [0.05, 0.1) is 6.54 Å². The molecule has 1 aliphatic rings. The fourth-order valence-electron chi connectivity index (χ4n) is 2.02. The van der Waals surface area contributed by atoms with E-state index in [1.807, 2.05) is 11.8 Å². The van der Waals surface area contributed by atoms with Crippen molar-refractivity contribution in [1.29, 1.82) is 0 Å². The van der Waals surface area contributed by atoms with Crippen LogP contribution >= 0.6 is 0 Å². The fraction of sp³-hybridized carbons (Fsp3) is 0.857. The van der Waals surface area contributed by atoms with Gasteiger partial charge in [-0.05, 0) is 18.8 Å². The maximum atomic E-state index is 12.2. The van der Waals surface area contributed by atoms with Crippen molar-refractivity contribution in [3.8, 4) is 0 Å². The summed E-state index contributed by atoms with van der Waals surface area (Å²) in [5.41, 5.74) is 0.0247. The van der Waals surface area contributed by atoms with E-state index in [9.17, 15) is 9.59 Å². The number of carboxylic acid groups (broad SMARTS) is 1. The topological polar surface area (TPSA) is 72.9 Å². The number of rotatable bonds is 3. The van der Waals surface area contributed by atoms with E-state index in [1.54, 1.807) is 4.90 Å². The van der Waals surface area contributed by atoms with Crippen molar-refractivity contribution < 1.29 is 14.7 Å². The third-order valence-corrected chi connectivity index (χ3v) is 3.87. The van der Waals surface area contributed by atoms with Crippen LogP contribution in [-0.2, 0) is 4.79 Å². The number of nitrogens with zero attached hydrogens (tertiary/aromatic N) is 2. The standard InChI is InChI=1S/C14H27N3O3/c1-11(14(2,3)4)15-13(20)17-7-5-6-16(8-9-17)10-12(18)19/h11H,5-10H2,1-4H3,(H,15,20)(H,18,19). The molecule has 1 aliphatic heterocycles. The first-order chi connectivity index (χ1) is 9.20. The number of aliphatic carboxylic acids is 1. The number of carboxylic acids is 1. The summed E-state index contributed by atoms with van der Waals surface area (Å²) in [6, 6.07) is 0.0398. The van der Waals surface area contributed by atoms with Crippen LogP contribution in [0.2, 0.25) is 0 Å². The molecule has 2 N–H and O–H groups in total. The van der Waals surface area contributed by atoms with E-state index < -0.39 is 5.97 Å². The maximum Gasteiger partial charge on any atom is 0.317 e. The summed E-state index contributed by atoms with van der Waals surface area (Å²) in [6.07, 6.45) is 0.810. The predicted octanol–water partition coefficient (Wildman–Crippen LogP) is 1.22. The Labute approximate surface area is 121 Å². The largest absolute Gasteiger partial charge is 0.480 e. The normalized spacial score (nSPS) is 19.3. The Hall–Kier alpha value is -1.30. The van der Waals surface area contributed by atoms with Crippen LogP contribution in [-0.4, -0.2) is 65.7 Å². The molecule has 20 heavy (non-hydrogen) atoms. The van der Waals surface area contributed by atoms with Gasteiger partial charge in [-0.3, -0.25) is 9.69 Å². The van der Waals surface area contributed by atoms with Gasteiger partial charge in [-0.2, -0.15) is 0 Å². The number of nitrogens with one attached hydrogen (secondary N) is 1. The molecule has 0 aliphatic carbocycles. The Morgan fingerprint density at radius 2 is 1.85 bits per heavy atom. The average Bonchev–Trinajstić information content (AvgIpc) is 2.52. The Bertz CT molecular complexity index is 352. The molecule has 6 nitrogen and oxygen atoms in total. The van der Waals surface area contributed by atoms with Crippen LogP contribution in [0, 0.1) is 5.41 Å². The van der Waals surface area contributed by atoms with Gasteiger partial charge in [0.15, 0.2) is 0 Å². The van der Waals surface area contributed by atoms with Gasteiger partial charge in [-0.15, -0.1) is 0 Å². The lowest BCUT2D eigenvalue weighted by atomic mass is 9.88. The number of carbonyl (C=O) groups is 2. The molecule has 1 rings (SSSR count). The summed E-state index contributed by atoms with van der Waals surface area (Å²) in [6.45, 7) is 10.9. The molecule has 0 aromatic rings. The van der Waals surface area contributed by atoms with Crippen molar-refractivity contribution in [2.24, 2.45) is 5.41 Å². The Kier molecular flexibility index (Phi) is 5.80. The molecule has 1 atom stereocenters. The van der Waals surface area contributed by atoms with Gasteiger partial charge >= 0.3 is 12.0 Å². The summed E-state index contributed by atoms with van der Waals surface area (Å²) in [7, 11) is 0. The van der Waals surface area contributed by atoms with Crippen molar-refractivity contribution >= 4 is 12.0 Å². The van der Waals surface area contributed by atoms with Crippen molar-refractivity contribution in [3.05, 3.63) is 0 Å². The van der Waals surface area contributed by atoms with Gasteiger partial charge in [0.2, 0.25) is 0 Å². The smallest absolute Gasteiger partial charge is 0.317 e. The highest BCUT2D eigenvalue weighted by Gasteiger charge is 2.25. The quantitative estimate of drug-likeness (QED) is 0.818. The minimum atomic E-state index is -0.816. The minimum absolute atomic E-state index is 0.0247. The Morgan fingerprint density at radius 3 is 2.40 bits per heavy atom. The van der Waals surface area contributed by atoms with Crippen LogP contribution < -0.4 is 5.32 Å². The molecule has 0 radical (unpaired) electrons. The highest BCUT2D eigenvalue weighted by molar-refractivity contribution is 5.74. The second kappa shape index (κ2) is 6.92. The summed E-state index contributed by atoms with van der Waals surface area (Å²) in [4.78, 5) is 26.6. The van der Waals surface area contributed by atoms with E-state index in [0.717, 1.165) is 13.0 Å². The first-order valence-electron chi connectivity index (χ1n) is 7.19. The van der Waals surface area contributed by atoms with Gasteiger partial charge < -0.3 is 15.3 Å². The molecular weight excluding hydrogens is 258 g/mol. The molecule has 0 saturated carbocycles. The second-order valence-electron chi connectivity index (χ2n) is 6.55. The van der Waals surface area contributed by atoms with Crippen molar-refractivity contribution in [3.63, 3.8) is 0 Å². The number of hydrogen-bond acceptors (Lipinski definition) is 3. The van der Waals surface area contributed by atoms with Crippen LogP contribution in [0.1, 0.15) is 34.1 Å².